The summed E-state index contributed by atoms with van der Waals surface area (Å²) in [5.41, 5.74) is 4.66. The maximum Gasteiger partial charge on any atom is 0.256 e. The van der Waals surface area contributed by atoms with Crippen molar-refractivity contribution < 1.29 is 13.1 Å². The molecular formula is C24H20NO+. The molecule has 0 radical (unpaired) electrons. The normalized spacial score (nSPS) is 13.8. The number of hydrogen-bond acceptors (Lipinski definition) is 1. The van der Waals surface area contributed by atoms with Crippen molar-refractivity contribution in [2.75, 3.05) is 0 Å². The predicted octanol–water partition coefficient (Wildman–Crippen LogP) is 5.85. The molecule has 0 amide bonds. The summed E-state index contributed by atoms with van der Waals surface area (Å²) in [7, 11) is 1.88. The number of rotatable bonds is 1. The predicted molar refractivity (Wildman–Crippen MR) is 107 cm³/mol. The van der Waals surface area contributed by atoms with Crippen LogP contribution in [0.2, 0.25) is 0 Å². The molecule has 0 unspecified atom stereocenters. The van der Waals surface area contributed by atoms with Crippen LogP contribution in [0.25, 0.3) is 44.0 Å². The summed E-state index contributed by atoms with van der Waals surface area (Å²) in [5, 5.41) is 3.55. The second-order valence-electron chi connectivity index (χ2n) is 6.79. The first-order chi connectivity index (χ1) is 13.9. The van der Waals surface area contributed by atoms with E-state index in [0.717, 1.165) is 38.6 Å². The highest BCUT2D eigenvalue weighted by Gasteiger charge is 2.24. The van der Waals surface area contributed by atoms with Crippen LogP contribution in [0.4, 0.5) is 0 Å². The fourth-order valence-corrected chi connectivity index (χ4v) is 3.89. The summed E-state index contributed by atoms with van der Waals surface area (Å²) >= 11 is 0. The molecule has 0 atom stereocenters. The SMILES string of the molecule is [2H]C([2H])([2H])c1c[n+](C)c(-c2ccccc2C)c2oc3c4ccccc4ccc3c12. The molecule has 2 nitrogen and oxygen atoms in total. The van der Waals surface area contributed by atoms with E-state index in [1.165, 1.54) is 0 Å². The molecule has 5 aromatic rings. The van der Waals surface area contributed by atoms with Gasteiger partial charge in [0, 0.05) is 25.8 Å². The van der Waals surface area contributed by atoms with Gasteiger partial charge in [-0.25, -0.2) is 0 Å². The second-order valence-corrected chi connectivity index (χ2v) is 6.79. The van der Waals surface area contributed by atoms with Gasteiger partial charge in [0.05, 0.1) is 5.56 Å². The lowest BCUT2D eigenvalue weighted by atomic mass is 10.00. The van der Waals surface area contributed by atoms with E-state index in [0.29, 0.717) is 16.5 Å². The van der Waals surface area contributed by atoms with Crippen LogP contribution >= 0.6 is 0 Å². The first-order valence-corrected chi connectivity index (χ1v) is 8.69. The number of nitrogens with zero attached hydrogens (tertiary/aromatic N) is 1. The molecule has 0 saturated heterocycles. The third-order valence-corrected chi connectivity index (χ3v) is 5.14. The first-order valence-electron chi connectivity index (χ1n) is 10.2. The Hall–Kier alpha value is -3.13. The Labute approximate surface area is 156 Å². The lowest BCUT2D eigenvalue weighted by molar-refractivity contribution is -0.659. The number of pyridine rings is 1. The molecule has 3 aromatic carbocycles. The lowest BCUT2D eigenvalue weighted by Crippen LogP contribution is -2.31. The Morgan fingerprint density at radius 1 is 0.846 bits per heavy atom. The number of furan rings is 1. The van der Waals surface area contributed by atoms with Gasteiger partial charge in [-0.15, -0.1) is 0 Å². The molecule has 0 saturated carbocycles. The summed E-state index contributed by atoms with van der Waals surface area (Å²) in [6, 6.07) is 20.1. The van der Waals surface area contributed by atoms with Crippen LogP contribution in [-0.2, 0) is 7.05 Å². The summed E-state index contributed by atoms with van der Waals surface area (Å²) in [6.45, 7) is -0.195. The highest BCUT2D eigenvalue weighted by Crippen LogP contribution is 2.39. The number of aromatic nitrogens is 1. The monoisotopic (exact) mass is 341 g/mol. The zero-order valence-electron chi connectivity index (χ0n) is 17.7. The van der Waals surface area contributed by atoms with Crippen LogP contribution in [0.3, 0.4) is 0 Å². The summed E-state index contributed by atoms with van der Waals surface area (Å²) in [6.07, 6.45) is 1.72. The summed E-state index contributed by atoms with van der Waals surface area (Å²) in [4.78, 5) is 0. The quantitative estimate of drug-likeness (QED) is 0.350. The third-order valence-electron chi connectivity index (χ3n) is 5.14. The average Bonchev–Trinajstić information content (AvgIpc) is 3.07. The topological polar surface area (TPSA) is 17.0 Å². The molecule has 0 spiro atoms. The largest absolute Gasteiger partial charge is 0.448 e. The van der Waals surface area contributed by atoms with E-state index in [4.69, 9.17) is 8.53 Å². The van der Waals surface area contributed by atoms with E-state index in [1.807, 2.05) is 66.2 Å². The molecule has 0 aliphatic heterocycles. The molecule has 0 bridgehead atoms. The van der Waals surface area contributed by atoms with Crippen LogP contribution in [0.1, 0.15) is 15.2 Å². The van der Waals surface area contributed by atoms with Gasteiger partial charge in [-0.05, 0) is 36.9 Å². The van der Waals surface area contributed by atoms with Gasteiger partial charge >= 0.3 is 0 Å². The molecular weight excluding hydrogens is 318 g/mol. The number of aryl methyl sites for hydroxylation is 3. The molecule has 26 heavy (non-hydrogen) atoms. The van der Waals surface area contributed by atoms with Gasteiger partial charge in [0.2, 0.25) is 5.58 Å². The number of hydrogen-bond donors (Lipinski definition) is 0. The second kappa shape index (κ2) is 5.43. The molecule has 126 valence electrons. The van der Waals surface area contributed by atoms with Crippen LogP contribution < -0.4 is 4.57 Å². The van der Waals surface area contributed by atoms with E-state index < -0.39 is 6.85 Å². The van der Waals surface area contributed by atoms with Gasteiger partial charge < -0.3 is 4.42 Å². The van der Waals surface area contributed by atoms with Crippen molar-refractivity contribution in [3.8, 4) is 11.3 Å². The van der Waals surface area contributed by atoms with Gasteiger partial charge in [0.1, 0.15) is 12.6 Å². The molecule has 0 aliphatic carbocycles. The van der Waals surface area contributed by atoms with Crippen LogP contribution in [0.5, 0.6) is 0 Å². The van der Waals surface area contributed by atoms with E-state index in [2.05, 4.69) is 13.0 Å². The summed E-state index contributed by atoms with van der Waals surface area (Å²) < 4.78 is 32.7. The minimum absolute atomic E-state index is 0.307. The fourth-order valence-electron chi connectivity index (χ4n) is 3.89. The van der Waals surface area contributed by atoms with Crippen LogP contribution in [0, 0.1) is 13.8 Å². The Balaban J connectivity index is 2.04. The maximum absolute atomic E-state index is 8.12. The van der Waals surface area contributed by atoms with Gasteiger partial charge in [-0.2, -0.15) is 4.57 Å². The Morgan fingerprint density at radius 2 is 1.65 bits per heavy atom. The van der Waals surface area contributed by atoms with Crippen molar-refractivity contribution in [3.05, 3.63) is 78.0 Å². The minimum atomic E-state index is -2.25. The van der Waals surface area contributed by atoms with Crippen molar-refractivity contribution in [3.63, 3.8) is 0 Å². The highest BCUT2D eigenvalue weighted by atomic mass is 16.3. The van der Waals surface area contributed by atoms with Crippen molar-refractivity contribution in [2.24, 2.45) is 7.05 Å². The first kappa shape index (κ1) is 12.3. The Kier molecular flexibility index (Phi) is 2.56. The molecule has 0 aliphatic rings. The third kappa shape index (κ3) is 2.02. The van der Waals surface area contributed by atoms with Crippen molar-refractivity contribution in [1.82, 2.24) is 0 Å². The molecule has 2 aromatic heterocycles. The van der Waals surface area contributed by atoms with Crippen LogP contribution in [0.15, 0.2) is 71.3 Å². The molecule has 0 fully saturated rings. The average molecular weight is 341 g/mol. The molecule has 5 rings (SSSR count). The molecule has 0 N–H and O–H groups in total. The fraction of sp³-hybridized carbons (Fsp3) is 0.125. The van der Waals surface area contributed by atoms with E-state index >= 15 is 0 Å². The lowest BCUT2D eigenvalue weighted by Gasteiger charge is -2.06. The Bertz CT molecular complexity index is 1410. The van der Waals surface area contributed by atoms with Crippen molar-refractivity contribution in [2.45, 2.75) is 13.8 Å². The summed E-state index contributed by atoms with van der Waals surface area (Å²) in [5.74, 6) is 0. The van der Waals surface area contributed by atoms with Crippen molar-refractivity contribution in [1.29, 1.82) is 0 Å². The van der Waals surface area contributed by atoms with E-state index in [1.54, 1.807) is 6.20 Å². The minimum Gasteiger partial charge on any atom is -0.448 e. The maximum atomic E-state index is 8.12. The van der Waals surface area contributed by atoms with E-state index in [-0.39, 0.29) is 0 Å². The van der Waals surface area contributed by atoms with Crippen molar-refractivity contribution >= 4 is 32.7 Å². The number of benzene rings is 3. The molecule has 2 heterocycles. The standard InChI is InChI=1S/C24H20NO/c1-15-8-4-6-10-18(15)22-24-21(16(2)14-25(22)3)20-13-12-17-9-5-7-11-19(17)23(20)26-24/h4-14H,1-3H3/q+1/i2D3. The Morgan fingerprint density at radius 3 is 2.50 bits per heavy atom. The van der Waals surface area contributed by atoms with Crippen LogP contribution in [-0.4, -0.2) is 0 Å². The van der Waals surface area contributed by atoms with Gasteiger partial charge in [-0.3, -0.25) is 0 Å². The van der Waals surface area contributed by atoms with Gasteiger partial charge in [-0.1, -0.05) is 48.5 Å². The molecule has 2 heteroatoms. The zero-order chi connectivity index (χ0) is 20.3. The van der Waals surface area contributed by atoms with Gasteiger partial charge in [0.25, 0.3) is 5.69 Å². The number of fused-ring (bicyclic) bond motifs is 5. The zero-order valence-corrected chi connectivity index (χ0v) is 14.7. The van der Waals surface area contributed by atoms with Gasteiger partial charge in [0.15, 0.2) is 6.20 Å². The highest BCUT2D eigenvalue weighted by molar-refractivity contribution is 6.17. The van der Waals surface area contributed by atoms with E-state index in [9.17, 15) is 0 Å². The smallest absolute Gasteiger partial charge is 0.256 e.